The second-order valence-electron chi connectivity index (χ2n) is 6.22. The monoisotopic (exact) mass is 265 g/mol. The summed E-state index contributed by atoms with van der Waals surface area (Å²) in [6.45, 7) is 8.19. The minimum absolute atomic E-state index is 0.234. The molecule has 106 valence electrons. The fraction of sp³-hybridized carbons (Fsp3) is 0.625. The highest BCUT2D eigenvalue weighted by molar-refractivity contribution is 5.24. The van der Waals surface area contributed by atoms with Gasteiger partial charge in [0.2, 0.25) is 0 Å². The van der Waals surface area contributed by atoms with E-state index >= 15 is 0 Å². The van der Waals surface area contributed by atoms with Gasteiger partial charge < -0.3 is 5.11 Å². The van der Waals surface area contributed by atoms with E-state index in [0.717, 1.165) is 13.1 Å². The summed E-state index contributed by atoms with van der Waals surface area (Å²) in [5, 5.41) is 10.2. The molecule has 0 aliphatic carbocycles. The minimum atomic E-state index is -0.577. The molecule has 1 heterocycles. The SMILES string of the molecule is Cc1ccc(C(O)CCN2CCCC2(C)C)cc1F. The van der Waals surface area contributed by atoms with Crippen LogP contribution in [-0.2, 0) is 0 Å². The number of aryl methyl sites for hydroxylation is 1. The van der Waals surface area contributed by atoms with Crippen LogP contribution in [0, 0.1) is 12.7 Å². The van der Waals surface area contributed by atoms with Crippen LogP contribution in [0.1, 0.15) is 50.3 Å². The lowest BCUT2D eigenvalue weighted by Crippen LogP contribution is -2.39. The third kappa shape index (κ3) is 3.34. The zero-order valence-electron chi connectivity index (χ0n) is 12.1. The lowest BCUT2D eigenvalue weighted by molar-refractivity contribution is 0.115. The van der Waals surface area contributed by atoms with E-state index in [1.165, 1.54) is 18.9 Å². The number of hydrogen-bond acceptors (Lipinski definition) is 2. The van der Waals surface area contributed by atoms with Gasteiger partial charge in [-0.3, -0.25) is 4.90 Å². The van der Waals surface area contributed by atoms with Crippen LogP contribution in [0.25, 0.3) is 0 Å². The van der Waals surface area contributed by atoms with Gasteiger partial charge in [0, 0.05) is 12.1 Å². The molecule has 1 aromatic carbocycles. The topological polar surface area (TPSA) is 23.5 Å². The van der Waals surface area contributed by atoms with Crippen molar-refractivity contribution in [2.75, 3.05) is 13.1 Å². The van der Waals surface area contributed by atoms with E-state index in [1.54, 1.807) is 13.0 Å². The molecule has 3 heteroatoms. The highest BCUT2D eigenvalue weighted by atomic mass is 19.1. The molecule has 1 aromatic rings. The second kappa shape index (κ2) is 5.59. The van der Waals surface area contributed by atoms with E-state index in [1.807, 2.05) is 6.07 Å². The molecule has 0 bridgehead atoms. The first-order valence-corrected chi connectivity index (χ1v) is 7.09. The minimum Gasteiger partial charge on any atom is -0.388 e. The molecule has 19 heavy (non-hydrogen) atoms. The average Bonchev–Trinajstić information content (AvgIpc) is 2.69. The van der Waals surface area contributed by atoms with Crippen LogP contribution in [0.15, 0.2) is 18.2 Å². The lowest BCUT2D eigenvalue weighted by atomic mass is 10.0. The van der Waals surface area contributed by atoms with E-state index in [4.69, 9.17) is 0 Å². The maximum atomic E-state index is 13.5. The van der Waals surface area contributed by atoms with Crippen molar-refractivity contribution in [3.63, 3.8) is 0 Å². The van der Waals surface area contributed by atoms with Gasteiger partial charge in [-0.15, -0.1) is 0 Å². The van der Waals surface area contributed by atoms with E-state index in [2.05, 4.69) is 18.7 Å². The Labute approximate surface area is 115 Å². The third-order valence-corrected chi connectivity index (χ3v) is 4.33. The molecule has 1 aliphatic heterocycles. The molecule has 0 spiro atoms. The van der Waals surface area contributed by atoms with Gasteiger partial charge in [0.25, 0.3) is 0 Å². The van der Waals surface area contributed by atoms with Crippen molar-refractivity contribution < 1.29 is 9.50 Å². The van der Waals surface area contributed by atoms with Crippen LogP contribution in [0.4, 0.5) is 4.39 Å². The maximum Gasteiger partial charge on any atom is 0.126 e. The summed E-state index contributed by atoms with van der Waals surface area (Å²) in [5.41, 5.74) is 1.54. The largest absolute Gasteiger partial charge is 0.388 e. The van der Waals surface area contributed by atoms with Gasteiger partial charge in [0.1, 0.15) is 5.82 Å². The summed E-state index contributed by atoms with van der Waals surface area (Å²) in [6, 6.07) is 5.00. The molecule has 1 aliphatic rings. The lowest BCUT2D eigenvalue weighted by Gasteiger charge is -2.32. The van der Waals surface area contributed by atoms with Crippen LogP contribution in [0.5, 0.6) is 0 Å². The van der Waals surface area contributed by atoms with Crippen LogP contribution in [0.2, 0.25) is 0 Å². The Balaban J connectivity index is 1.94. The standard InChI is InChI=1S/C16H24FNO/c1-12-5-6-13(11-14(12)17)15(19)7-10-18-9-4-8-16(18,2)3/h5-6,11,15,19H,4,7-10H2,1-3H3. The summed E-state index contributed by atoms with van der Waals surface area (Å²) in [7, 11) is 0. The predicted octanol–water partition coefficient (Wildman–Crippen LogP) is 3.43. The number of halogens is 1. The fourth-order valence-corrected chi connectivity index (χ4v) is 2.84. The Kier molecular flexibility index (Phi) is 4.26. The van der Waals surface area contributed by atoms with Crippen LogP contribution >= 0.6 is 0 Å². The number of aliphatic hydroxyl groups is 1. The Morgan fingerprint density at radius 3 is 2.74 bits per heavy atom. The van der Waals surface area contributed by atoms with Gasteiger partial charge in [-0.1, -0.05) is 12.1 Å². The molecule has 1 fully saturated rings. The van der Waals surface area contributed by atoms with Gasteiger partial charge in [0.15, 0.2) is 0 Å². The summed E-state index contributed by atoms with van der Waals surface area (Å²) in [6.07, 6.45) is 2.52. The third-order valence-electron chi connectivity index (χ3n) is 4.33. The first kappa shape index (κ1) is 14.5. The van der Waals surface area contributed by atoms with E-state index in [0.29, 0.717) is 17.5 Å². The van der Waals surface area contributed by atoms with Crippen molar-refractivity contribution in [2.45, 2.75) is 51.7 Å². The van der Waals surface area contributed by atoms with Crippen molar-refractivity contribution in [1.29, 1.82) is 0 Å². The Bertz CT molecular complexity index is 444. The number of hydrogen-bond donors (Lipinski definition) is 1. The molecule has 2 rings (SSSR count). The quantitative estimate of drug-likeness (QED) is 0.901. The second-order valence-corrected chi connectivity index (χ2v) is 6.22. The fourth-order valence-electron chi connectivity index (χ4n) is 2.84. The first-order valence-electron chi connectivity index (χ1n) is 7.09. The van der Waals surface area contributed by atoms with E-state index in [9.17, 15) is 9.50 Å². The van der Waals surface area contributed by atoms with Gasteiger partial charge in [-0.25, -0.2) is 4.39 Å². The number of likely N-dealkylation sites (tertiary alicyclic amines) is 1. The van der Waals surface area contributed by atoms with E-state index < -0.39 is 6.10 Å². The molecular weight excluding hydrogens is 241 g/mol. The first-order chi connectivity index (χ1) is 8.90. The Hall–Kier alpha value is -0.930. The zero-order valence-corrected chi connectivity index (χ0v) is 12.1. The number of rotatable bonds is 4. The van der Waals surface area contributed by atoms with E-state index in [-0.39, 0.29) is 11.4 Å². The van der Waals surface area contributed by atoms with Crippen molar-refractivity contribution in [3.8, 4) is 0 Å². The number of nitrogens with zero attached hydrogens (tertiary/aromatic N) is 1. The van der Waals surface area contributed by atoms with Crippen molar-refractivity contribution in [1.82, 2.24) is 4.90 Å². The Morgan fingerprint density at radius 1 is 1.42 bits per heavy atom. The predicted molar refractivity (Wildman–Crippen MR) is 75.6 cm³/mol. The molecule has 0 saturated carbocycles. The van der Waals surface area contributed by atoms with Crippen molar-refractivity contribution in [3.05, 3.63) is 35.1 Å². The smallest absolute Gasteiger partial charge is 0.126 e. The van der Waals surface area contributed by atoms with Gasteiger partial charge in [-0.05, 0) is 63.8 Å². The number of aliphatic hydroxyl groups excluding tert-OH is 1. The van der Waals surface area contributed by atoms with Gasteiger partial charge in [-0.2, -0.15) is 0 Å². The molecule has 0 aromatic heterocycles. The highest BCUT2D eigenvalue weighted by Gasteiger charge is 2.31. The molecule has 2 nitrogen and oxygen atoms in total. The summed E-state index contributed by atoms with van der Waals surface area (Å²) < 4.78 is 13.5. The molecular formula is C16H24FNO. The highest BCUT2D eigenvalue weighted by Crippen LogP contribution is 2.29. The van der Waals surface area contributed by atoms with Crippen molar-refractivity contribution >= 4 is 0 Å². The van der Waals surface area contributed by atoms with Gasteiger partial charge >= 0.3 is 0 Å². The molecule has 1 N–H and O–H groups in total. The van der Waals surface area contributed by atoms with Crippen LogP contribution in [0.3, 0.4) is 0 Å². The summed E-state index contributed by atoms with van der Waals surface area (Å²) >= 11 is 0. The normalized spacial score (nSPS) is 20.7. The average molecular weight is 265 g/mol. The zero-order chi connectivity index (χ0) is 14.0. The Morgan fingerprint density at radius 2 is 2.16 bits per heavy atom. The summed E-state index contributed by atoms with van der Waals surface area (Å²) in [5.74, 6) is -0.238. The van der Waals surface area contributed by atoms with Crippen LogP contribution in [-0.4, -0.2) is 28.6 Å². The van der Waals surface area contributed by atoms with Gasteiger partial charge in [0.05, 0.1) is 6.10 Å². The number of benzene rings is 1. The molecule has 1 unspecified atom stereocenters. The summed E-state index contributed by atoms with van der Waals surface area (Å²) in [4.78, 5) is 2.42. The molecule has 0 radical (unpaired) electrons. The van der Waals surface area contributed by atoms with Crippen molar-refractivity contribution in [2.24, 2.45) is 0 Å². The van der Waals surface area contributed by atoms with Crippen LogP contribution < -0.4 is 0 Å². The molecule has 1 saturated heterocycles. The molecule has 1 atom stereocenters. The maximum absolute atomic E-state index is 13.5. The molecule has 0 amide bonds.